The third-order valence-electron chi connectivity index (χ3n) is 3.69. The molecule has 25 heavy (non-hydrogen) atoms. The fourth-order valence-electron chi connectivity index (χ4n) is 2.57. The van der Waals surface area contributed by atoms with Gasteiger partial charge in [-0.05, 0) is 38.4 Å². The van der Waals surface area contributed by atoms with E-state index in [1.54, 1.807) is 30.3 Å². The third-order valence-corrected chi connectivity index (χ3v) is 5.43. The molecular formula is C18H18FN3O2S. The normalized spacial score (nSPS) is 15.0. The predicted octanol–water partition coefficient (Wildman–Crippen LogP) is 2.59. The van der Waals surface area contributed by atoms with Gasteiger partial charge in [0.05, 0.1) is 30.2 Å². The van der Waals surface area contributed by atoms with Crippen LogP contribution >= 0.6 is 0 Å². The van der Waals surface area contributed by atoms with Crippen LogP contribution in [0.1, 0.15) is 0 Å². The highest BCUT2D eigenvalue weighted by Gasteiger charge is 2.41. The van der Waals surface area contributed by atoms with E-state index in [2.05, 4.69) is 11.8 Å². The lowest BCUT2D eigenvalue weighted by Crippen LogP contribution is -2.36. The number of halogens is 1. The summed E-state index contributed by atoms with van der Waals surface area (Å²) in [6.07, 6.45) is 0. The van der Waals surface area contributed by atoms with Gasteiger partial charge in [0.15, 0.2) is 0 Å². The van der Waals surface area contributed by atoms with Gasteiger partial charge < -0.3 is 0 Å². The van der Waals surface area contributed by atoms with E-state index in [0.717, 1.165) is 4.31 Å². The van der Waals surface area contributed by atoms with Crippen LogP contribution in [0.25, 0.3) is 0 Å². The molecule has 0 radical (unpaired) electrons. The number of para-hydroxylation sites is 3. The van der Waals surface area contributed by atoms with Crippen LogP contribution in [-0.2, 0) is 10.2 Å². The fraction of sp³-hybridized carbons (Fsp3) is 0.222. The number of hydrogen-bond acceptors (Lipinski definition) is 3. The lowest BCUT2D eigenvalue weighted by molar-refractivity contribution is 0.464. The number of rotatable bonds is 3. The van der Waals surface area contributed by atoms with E-state index in [0.29, 0.717) is 17.9 Å². The Balaban J connectivity index is 2.05. The van der Waals surface area contributed by atoms with Crippen LogP contribution in [0.15, 0.2) is 48.5 Å². The second kappa shape index (κ2) is 6.75. The molecule has 0 saturated heterocycles. The molecule has 2 aromatic carbocycles. The molecule has 0 amide bonds. The van der Waals surface area contributed by atoms with Crippen LogP contribution < -0.4 is 8.61 Å². The minimum Gasteiger partial charge on any atom is -0.299 e. The quantitative estimate of drug-likeness (QED) is 0.792. The van der Waals surface area contributed by atoms with Gasteiger partial charge in [-0.2, -0.15) is 8.42 Å². The second-order valence-corrected chi connectivity index (χ2v) is 7.51. The van der Waals surface area contributed by atoms with Crippen LogP contribution in [0.3, 0.4) is 0 Å². The van der Waals surface area contributed by atoms with E-state index in [4.69, 9.17) is 0 Å². The van der Waals surface area contributed by atoms with Crippen LogP contribution in [0.2, 0.25) is 0 Å². The average Bonchev–Trinajstić information content (AvgIpc) is 2.79. The maximum Gasteiger partial charge on any atom is 0.331 e. The van der Waals surface area contributed by atoms with Gasteiger partial charge in [-0.1, -0.05) is 36.1 Å². The standard InChI is InChI=1S/C18H18FN3O2S/c1-20(2)13-7-8-14-21-17-11-5-6-12-18(17)22(25(21,23)24)16-10-4-3-9-15(16)19/h3-6,9-12H,13-14H2,1-2H3. The first kappa shape index (κ1) is 17.3. The summed E-state index contributed by atoms with van der Waals surface area (Å²) in [7, 11) is -0.182. The number of hydrogen-bond donors (Lipinski definition) is 0. The molecule has 0 unspecified atom stereocenters. The predicted molar refractivity (Wildman–Crippen MR) is 97.6 cm³/mol. The van der Waals surface area contributed by atoms with Crippen molar-refractivity contribution in [3.63, 3.8) is 0 Å². The third kappa shape index (κ3) is 3.18. The second-order valence-electron chi connectivity index (χ2n) is 5.81. The van der Waals surface area contributed by atoms with Gasteiger partial charge in [-0.3, -0.25) is 4.90 Å². The van der Waals surface area contributed by atoms with Gasteiger partial charge in [0.1, 0.15) is 5.82 Å². The molecule has 0 aliphatic carbocycles. The van der Waals surface area contributed by atoms with Crippen molar-refractivity contribution in [2.24, 2.45) is 0 Å². The van der Waals surface area contributed by atoms with Crippen molar-refractivity contribution in [2.75, 3.05) is 35.8 Å². The Hall–Kier alpha value is -2.56. The largest absolute Gasteiger partial charge is 0.331 e. The summed E-state index contributed by atoms with van der Waals surface area (Å²) in [4.78, 5) is 1.89. The molecule has 1 heterocycles. The van der Waals surface area contributed by atoms with Crippen LogP contribution in [0.4, 0.5) is 21.5 Å². The van der Waals surface area contributed by atoms with Crippen molar-refractivity contribution in [2.45, 2.75) is 0 Å². The number of nitrogens with zero attached hydrogens (tertiary/aromatic N) is 3. The van der Waals surface area contributed by atoms with E-state index >= 15 is 0 Å². The van der Waals surface area contributed by atoms with Crippen molar-refractivity contribution >= 4 is 27.3 Å². The molecule has 5 nitrogen and oxygen atoms in total. The molecule has 0 saturated carbocycles. The summed E-state index contributed by atoms with van der Waals surface area (Å²) in [6.45, 7) is 0.546. The lowest BCUT2D eigenvalue weighted by atomic mass is 10.2. The molecule has 1 aliphatic heterocycles. The summed E-state index contributed by atoms with van der Waals surface area (Å²) in [5, 5.41) is 0. The summed E-state index contributed by atoms with van der Waals surface area (Å²) in [6, 6.07) is 12.7. The Bertz CT molecular complexity index is 948. The summed E-state index contributed by atoms with van der Waals surface area (Å²) in [5.74, 6) is 5.20. The molecule has 1 aliphatic rings. The van der Waals surface area contributed by atoms with E-state index in [1.165, 1.54) is 22.5 Å². The summed E-state index contributed by atoms with van der Waals surface area (Å²) >= 11 is 0. The molecule has 3 rings (SSSR count). The molecule has 130 valence electrons. The van der Waals surface area contributed by atoms with Crippen LogP contribution in [-0.4, -0.2) is 40.5 Å². The zero-order valence-electron chi connectivity index (χ0n) is 14.0. The SMILES string of the molecule is CN(C)CC#CCN1c2ccccc2N(c2ccccc2F)S1(=O)=O. The molecule has 0 fully saturated rings. The van der Waals surface area contributed by atoms with Gasteiger partial charge >= 0.3 is 10.2 Å². The van der Waals surface area contributed by atoms with Crippen LogP contribution in [0, 0.1) is 17.7 Å². The Morgan fingerprint density at radius 1 is 0.960 bits per heavy atom. The first-order valence-corrected chi connectivity index (χ1v) is 9.09. The maximum absolute atomic E-state index is 14.2. The molecule has 0 aromatic heterocycles. The Morgan fingerprint density at radius 2 is 1.56 bits per heavy atom. The Morgan fingerprint density at radius 3 is 2.20 bits per heavy atom. The highest BCUT2D eigenvalue weighted by atomic mass is 32.2. The van der Waals surface area contributed by atoms with Crippen molar-refractivity contribution in [3.8, 4) is 11.8 Å². The Labute approximate surface area is 147 Å². The van der Waals surface area contributed by atoms with Gasteiger partial charge in [0, 0.05) is 0 Å². The van der Waals surface area contributed by atoms with Gasteiger partial charge in [-0.15, -0.1) is 0 Å². The van der Waals surface area contributed by atoms with E-state index in [-0.39, 0.29) is 12.2 Å². The molecule has 0 spiro atoms. The smallest absolute Gasteiger partial charge is 0.299 e. The Kier molecular flexibility index (Phi) is 4.66. The molecule has 2 aromatic rings. The lowest BCUT2D eigenvalue weighted by Gasteiger charge is -2.20. The van der Waals surface area contributed by atoms with Crippen molar-refractivity contribution in [3.05, 3.63) is 54.3 Å². The molecule has 0 bridgehead atoms. The number of fused-ring (bicyclic) bond motifs is 1. The first-order valence-electron chi connectivity index (χ1n) is 7.70. The molecule has 0 atom stereocenters. The van der Waals surface area contributed by atoms with E-state index in [1.807, 2.05) is 19.0 Å². The zero-order chi connectivity index (χ0) is 18.0. The monoisotopic (exact) mass is 359 g/mol. The van der Waals surface area contributed by atoms with Crippen LogP contribution in [0.5, 0.6) is 0 Å². The topological polar surface area (TPSA) is 43.9 Å². The first-order chi connectivity index (χ1) is 11.9. The maximum atomic E-state index is 14.2. The average molecular weight is 359 g/mol. The highest BCUT2D eigenvalue weighted by molar-refractivity contribution is 7.95. The van der Waals surface area contributed by atoms with Gasteiger partial charge in [-0.25, -0.2) is 13.0 Å². The van der Waals surface area contributed by atoms with Crippen molar-refractivity contribution in [1.29, 1.82) is 0 Å². The highest BCUT2D eigenvalue weighted by Crippen LogP contribution is 2.45. The van der Waals surface area contributed by atoms with Gasteiger partial charge in [0.2, 0.25) is 0 Å². The van der Waals surface area contributed by atoms with Crippen molar-refractivity contribution in [1.82, 2.24) is 4.90 Å². The summed E-state index contributed by atoms with van der Waals surface area (Å²) < 4.78 is 42.6. The van der Waals surface area contributed by atoms with E-state index in [9.17, 15) is 12.8 Å². The molecule has 7 heteroatoms. The minimum absolute atomic E-state index is 0.00120. The van der Waals surface area contributed by atoms with E-state index < -0.39 is 16.0 Å². The number of anilines is 3. The molecular weight excluding hydrogens is 341 g/mol. The fourth-order valence-corrected chi connectivity index (χ4v) is 4.20. The summed E-state index contributed by atoms with van der Waals surface area (Å²) in [5.41, 5.74) is 0.908. The minimum atomic E-state index is -3.95. The van der Waals surface area contributed by atoms with Gasteiger partial charge in [0.25, 0.3) is 0 Å². The number of benzene rings is 2. The zero-order valence-corrected chi connectivity index (χ0v) is 14.8. The van der Waals surface area contributed by atoms with Crippen molar-refractivity contribution < 1.29 is 12.8 Å². The molecule has 0 N–H and O–H groups in total.